The number of nitrogens with one attached hydrogen (secondary N) is 2. The molecule has 1 amide bonds. The van der Waals surface area contributed by atoms with Crippen LogP contribution in [0.5, 0.6) is 0 Å². The topological polar surface area (TPSA) is 80.3 Å². The molecule has 0 radical (unpaired) electrons. The van der Waals surface area contributed by atoms with Crippen molar-refractivity contribution in [2.24, 2.45) is 0 Å². The summed E-state index contributed by atoms with van der Waals surface area (Å²) in [7, 11) is 0. The molecule has 1 aromatic heterocycles. The molecule has 0 unspecified atom stereocenters. The van der Waals surface area contributed by atoms with E-state index in [2.05, 4.69) is 15.0 Å². The highest BCUT2D eigenvalue weighted by molar-refractivity contribution is 7.10. The van der Waals surface area contributed by atoms with Crippen LogP contribution in [0.15, 0.2) is 0 Å². The Kier molecular flexibility index (Phi) is 6.44. The molecule has 1 rings (SSSR count). The van der Waals surface area contributed by atoms with Gasteiger partial charge < -0.3 is 15.4 Å². The van der Waals surface area contributed by atoms with Crippen LogP contribution in [0, 0.1) is 6.92 Å². The number of carbonyl (C=O) groups excluding carboxylic acids is 2. The molecule has 0 aliphatic heterocycles. The van der Waals surface area contributed by atoms with Crippen molar-refractivity contribution in [2.75, 3.05) is 18.5 Å². The average Bonchev–Trinajstić information content (AvgIpc) is 2.70. The molecule has 0 atom stereocenters. The van der Waals surface area contributed by atoms with Gasteiger partial charge in [-0.1, -0.05) is 0 Å². The molecule has 0 aromatic carbocycles. The Morgan fingerprint density at radius 3 is 2.70 bits per heavy atom. The molecule has 0 fully saturated rings. The fourth-order valence-electron chi connectivity index (χ4n) is 1.62. The van der Waals surface area contributed by atoms with Gasteiger partial charge in [-0.15, -0.1) is 0 Å². The third-order valence-electron chi connectivity index (χ3n) is 2.43. The smallest absolute Gasteiger partial charge is 0.343 e. The lowest BCUT2D eigenvalue weighted by molar-refractivity contribution is -0.121. The predicted molar refractivity (Wildman–Crippen MR) is 79.2 cm³/mol. The van der Waals surface area contributed by atoms with E-state index in [4.69, 9.17) is 4.74 Å². The Bertz CT molecular complexity index is 471. The highest BCUT2D eigenvalue weighted by atomic mass is 32.1. The van der Waals surface area contributed by atoms with Crippen molar-refractivity contribution >= 4 is 28.4 Å². The summed E-state index contributed by atoms with van der Waals surface area (Å²) in [4.78, 5) is 23.3. The van der Waals surface area contributed by atoms with E-state index in [0.29, 0.717) is 35.8 Å². The normalized spacial score (nSPS) is 10.4. The number of hydrogen-bond acceptors (Lipinski definition) is 6. The summed E-state index contributed by atoms with van der Waals surface area (Å²) in [6.45, 7) is 8.13. The van der Waals surface area contributed by atoms with Gasteiger partial charge in [0.2, 0.25) is 5.91 Å². The number of hydrogen-bond donors (Lipinski definition) is 2. The largest absolute Gasteiger partial charge is 0.462 e. The molecular weight excluding hydrogens is 278 g/mol. The lowest BCUT2D eigenvalue weighted by Gasteiger charge is -2.09. The number of amides is 1. The van der Waals surface area contributed by atoms with Crippen molar-refractivity contribution in [1.82, 2.24) is 9.69 Å². The highest BCUT2D eigenvalue weighted by Crippen LogP contribution is 2.25. The second-order valence-corrected chi connectivity index (χ2v) is 5.36. The quantitative estimate of drug-likeness (QED) is 0.752. The summed E-state index contributed by atoms with van der Waals surface area (Å²) < 4.78 is 9.14. The van der Waals surface area contributed by atoms with Gasteiger partial charge in [-0.3, -0.25) is 4.79 Å². The van der Waals surface area contributed by atoms with Crippen molar-refractivity contribution in [1.29, 1.82) is 0 Å². The van der Waals surface area contributed by atoms with E-state index in [1.165, 1.54) is 11.5 Å². The number of aryl methyl sites for hydroxylation is 1. The number of carbonyl (C=O) groups is 2. The standard InChI is InChI=1S/C13H21N3O3S/c1-5-19-13(18)11-9(4)16-20-12(11)14-7-6-10(17)15-8(2)3/h8,14H,5-7H2,1-4H3,(H,15,17). The number of anilines is 1. The van der Waals surface area contributed by atoms with E-state index in [-0.39, 0.29) is 17.9 Å². The number of nitrogens with zero attached hydrogens (tertiary/aromatic N) is 1. The SMILES string of the molecule is CCOC(=O)c1c(C)nsc1NCCC(=O)NC(C)C. The van der Waals surface area contributed by atoms with E-state index < -0.39 is 0 Å². The third kappa shape index (κ3) is 4.80. The van der Waals surface area contributed by atoms with Gasteiger partial charge in [-0.05, 0) is 39.2 Å². The van der Waals surface area contributed by atoms with Gasteiger partial charge in [-0.25, -0.2) is 4.79 Å². The second kappa shape index (κ2) is 7.84. The van der Waals surface area contributed by atoms with Crippen molar-refractivity contribution in [3.8, 4) is 0 Å². The zero-order valence-corrected chi connectivity index (χ0v) is 13.1. The lowest BCUT2D eigenvalue weighted by atomic mass is 10.2. The van der Waals surface area contributed by atoms with Crippen LogP contribution in [0.1, 0.15) is 43.2 Å². The molecule has 0 aliphatic carbocycles. The Morgan fingerprint density at radius 2 is 2.10 bits per heavy atom. The number of esters is 1. The number of rotatable bonds is 7. The minimum atomic E-state index is -0.382. The third-order valence-corrected chi connectivity index (χ3v) is 3.33. The van der Waals surface area contributed by atoms with Crippen molar-refractivity contribution in [2.45, 2.75) is 40.2 Å². The molecular formula is C13H21N3O3S. The Labute approximate surface area is 123 Å². The minimum absolute atomic E-state index is 0.0218. The lowest BCUT2D eigenvalue weighted by Crippen LogP contribution is -2.31. The molecule has 20 heavy (non-hydrogen) atoms. The predicted octanol–water partition coefficient (Wildman–Crippen LogP) is 1.95. The van der Waals surface area contributed by atoms with Crippen LogP contribution in [0.25, 0.3) is 0 Å². The summed E-state index contributed by atoms with van der Waals surface area (Å²) in [5, 5.41) is 6.53. The molecule has 112 valence electrons. The molecule has 7 heteroatoms. The van der Waals surface area contributed by atoms with E-state index in [1.54, 1.807) is 13.8 Å². The summed E-state index contributed by atoms with van der Waals surface area (Å²) in [5.41, 5.74) is 1.10. The maximum absolute atomic E-state index is 11.8. The molecule has 0 spiro atoms. The zero-order chi connectivity index (χ0) is 15.1. The van der Waals surface area contributed by atoms with Crippen LogP contribution >= 0.6 is 11.5 Å². The summed E-state index contributed by atoms with van der Waals surface area (Å²) in [6.07, 6.45) is 0.345. The van der Waals surface area contributed by atoms with Gasteiger partial charge in [-0.2, -0.15) is 4.37 Å². The van der Waals surface area contributed by atoms with E-state index in [9.17, 15) is 9.59 Å². The van der Waals surface area contributed by atoms with Crippen LogP contribution in [0.4, 0.5) is 5.00 Å². The van der Waals surface area contributed by atoms with Crippen LogP contribution in [-0.4, -0.2) is 35.4 Å². The molecule has 0 saturated heterocycles. The summed E-state index contributed by atoms with van der Waals surface area (Å²) in [6, 6.07) is 0.128. The second-order valence-electron chi connectivity index (χ2n) is 4.59. The molecule has 6 nitrogen and oxygen atoms in total. The highest BCUT2D eigenvalue weighted by Gasteiger charge is 2.19. The van der Waals surface area contributed by atoms with E-state index >= 15 is 0 Å². The molecule has 0 bridgehead atoms. The maximum atomic E-state index is 11.8. The van der Waals surface area contributed by atoms with Crippen molar-refractivity contribution < 1.29 is 14.3 Å². The molecule has 0 aliphatic rings. The summed E-state index contributed by atoms with van der Waals surface area (Å²) in [5.74, 6) is -0.403. The van der Waals surface area contributed by atoms with Crippen LogP contribution in [0.2, 0.25) is 0 Å². The van der Waals surface area contributed by atoms with Gasteiger partial charge in [0.15, 0.2) is 0 Å². The van der Waals surface area contributed by atoms with Crippen LogP contribution in [-0.2, 0) is 9.53 Å². The molecule has 2 N–H and O–H groups in total. The Hall–Kier alpha value is -1.63. The van der Waals surface area contributed by atoms with Gasteiger partial charge in [0.25, 0.3) is 0 Å². The van der Waals surface area contributed by atoms with Gasteiger partial charge in [0.05, 0.1) is 12.3 Å². The number of ether oxygens (including phenoxy) is 1. The maximum Gasteiger partial charge on any atom is 0.343 e. The van der Waals surface area contributed by atoms with Gasteiger partial charge >= 0.3 is 5.97 Å². The summed E-state index contributed by atoms with van der Waals surface area (Å²) >= 11 is 1.20. The Balaban J connectivity index is 2.56. The van der Waals surface area contributed by atoms with Crippen molar-refractivity contribution in [3.63, 3.8) is 0 Å². The van der Waals surface area contributed by atoms with Crippen molar-refractivity contribution in [3.05, 3.63) is 11.3 Å². The number of aromatic nitrogens is 1. The first-order valence-electron chi connectivity index (χ1n) is 6.62. The van der Waals surface area contributed by atoms with Gasteiger partial charge in [0.1, 0.15) is 10.6 Å². The Morgan fingerprint density at radius 1 is 1.40 bits per heavy atom. The minimum Gasteiger partial charge on any atom is -0.462 e. The average molecular weight is 299 g/mol. The molecule has 0 saturated carbocycles. The van der Waals surface area contributed by atoms with E-state index in [0.717, 1.165) is 0 Å². The fraction of sp³-hybridized carbons (Fsp3) is 0.615. The fourth-order valence-corrected chi connectivity index (χ4v) is 2.43. The monoisotopic (exact) mass is 299 g/mol. The molecule has 1 aromatic rings. The zero-order valence-electron chi connectivity index (χ0n) is 12.3. The first-order valence-corrected chi connectivity index (χ1v) is 7.39. The van der Waals surface area contributed by atoms with Crippen LogP contribution < -0.4 is 10.6 Å². The van der Waals surface area contributed by atoms with E-state index in [1.807, 2.05) is 13.8 Å². The van der Waals surface area contributed by atoms with Crippen LogP contribution in [0.3, 0.4) is 0 Å². The first-order chi connectivity index (χ1) is 9.45. The van der Waals surface area contributed by atoms with Gasteiger partial charge in [0, 0.05) is 19.0 Å². The molecule has 1 heterocycles. The first kappa shape index (κ1) is 16.4.